The minimum Gasteiger partial charge on any atom is -0.316 e. The van der Waals surface area contributed by atoms with Gasteiger partial charge in [-0.15, -0.1) is 11.8 Å². The molecule has 0 aromatic heterocycles. The molecule has 0 saturated heterocycles. The van der Waals surface area contributed by atoms with Gasteiger partial charge in [0, 0.05) is 6.42 Å². The van der Waals surface area contributed by atoms with Gasteiger partial charge in [-0.3, -0.25) is 0 Å². The smallest absolute Gasteiger partial charge is 0.00913 e. The molecule has 0 aliphatic heterocycles. The molecule has 2 unspecified atom stereocenters. The van der Waals surface area contributed by atoms with E-state index in [1.54, 1.807) is 0 Å². The van der Waals surface area contributed by atoms with Crippen LogP contribution in [0.4, 0.5) is 0 Å². The molecule has 1 nitrogen and oxygen atoms in total. The van der Waals surface area contributed by atoms with Crippen LogP contribution in [0.2, 0.25) is 0 Å². The first-order valence-corrected chi connectivity index (χ1v) is 6.34. The lowest BCUT2D eigenvalue weighted by Gasteiger charge is -2.37. The summed E-state index contributed by atoms with van der Waals surface area (Å²) in [5.74, 6) is 8.81. The summed E-state index contributed by atoms with van der Waals surface area (Å²) in [4.78, 5) is 0. The van der Waals surface area contributed by atoms with Gasteiger partial charge in [0.2, 0.25) is 0 Å². The van der Waals surface area contributed by atoms with Crippen LogP contribution in [0, 0.1) is 29.6 Å². The Morgan fingerprint density at radius 1 is 1.27 bits per heavy atom. The second kappa shape index (κ2) is 6.90. The van der Waals surface area contributed by atoms with Crippen LogP contribution >= 0.6 is 0 Å². The average Bonchev–Trinajstić information content (AvgIpc) is 2.17. The Balaban J connectivity index is 2.06. The lowest BCUT2D eigenvalue weighted by Crippen LogP contribution is -2.36. The van der Waals surface area contributed by atoms with Gasteiger partial charge in [0.05, 0.1) is 0 Å². The summed E-state index contributed by atoms with van der Waals surface area (Å²) in [5.41, 5.74) is 0. The second-order valence-electron chi connectivity index (χ2n) is 5.12. The fraction of sp³-hybridized carbons (Fsp3) is 0.857. The Labute approximate surface area is 95.0 Å². The minimum atomic E-state index is 0.773. The monoisotopic (exact) mass is 207 g/mol. The van der Waals surface area contributed by atoms with Crippen molar-refractivity contribution >= 4 is 0 Å². The first-order valence-electron chi connectivity index (χ1n) is 6.34. The molecular formula is C14H25N. The molecule has 1 aliphatic rings. The molecule has 0 bridgehead atoms. The topological polar surface area (TPSA) is 12.0 Å². The van der Waals surface area contributed by atoms with Crippen molar-refractivity contribution < 1.29 is 0 Å². The number of nitrogens with one attached hydrogen (secondary N) is 1. The minimum absolute atomic E-state index is 0.773. The van der Waals surface area contributed by atoms with Gasteiger partial charge in [0.15, 0.2) is 0 Å². The van der Waals surface area contributed by atoms with E-state index in [4.69, 9.17) is 0 Å². The quantitative estimate of drug-likeness (QED) is 0.660. The molecule has 15 heavy (non-hydrogen) atoms. The van der Waals surface area contributed by atoms with E-state index in [2.05, 4.69) is 31.0 Å². The molecule has 2 atom stereocenters. The summed E-state index contributed by atoms with van der Waals surface area (Å²) in [5, 5.41) is 3.57. The van der Waals surface area contributed by atoms with E-state index in [9.17, 15) is 0 Å². The van der Waals surface area contributed by atoms with Crippen LogP contribution in [0.1, 0.15) is 46.5 Å². The van der Waals surface area contributed by atoms with Gasteiger partial charge < -0.3 is 5.32 Å². The van der Waals surface area contributed by atoms with E-state index >= 15 is 0 Å². The van der Waals surface area contributed by atoms with E-state index in [1.807, 2.05) is 6.92 Å². The summed E-state index contributed by atoms with van der Waals surface area (Å²) in [7, 11) is 0. The Kier molecular flexibility index (Phi) is 5.79. The van der Waals surface area contributed by atoms with Crippen LogP contribution in [0.25, 0.3) is 0 Å². The number of hydrogen-bond acceptors (Lipinski definition) is 1. The molecule has 1 aliphatic carbocycles. The second-order valence-corrected chi connectivity index (χ2v) is 5.12. The molecule has 1 fully saturated rings. The Morgan fingerprint density at radius 2 is 2.00 bits per heavy atom. The fourth-order valence-corrected chi connectivity index (χ4v) is 2.23. The maximum Gasteiger partial charge on any atom is 0.00913 e. The number of rotatable bonds is 6. The van der Waals surface area contributed by atoms with Crippen molar-refractivity contribution in [2.45, 2.75) is 46.5 Å². The first kappa shape index (κ1) is 12.6. The van der Waals surface area contributed by atoms with E-state index in [-0.39, 0.29) is 0 Å². The third-order valence-electron chi connectivity index (χ3n) is 3.35. The highest BCUT2D eigenvalue weighted by molar-refractivity contribution is 4.96. The molecule has 0 spiro atoms. The molecule has 1 rings (SSSR count). The van der Waals surface area contributed by atoms with Gasteiger partial charge in [-0.25, -0.2) is 0 Å². The van der Waals surface area contributed by atoms with Crippen molar-refractivity contribution in [3.8, 4) is 11.8 Å². The third-order valence-corrected chi connectivity index (χ3v) is 3.35. The molecule has 1 N–H and O–H groups in total. The van der Waals surface area contributed by atoms with Crippen LogP contribution < -0.4 is 5.32 Å². The molecule has 0 amide bonds. The average molecular weight is 207 g/mol. The Morgan fingerprint density at radius 3 is 2.53 bits per heavy atom. The van der Waals surface area contributed by atoms with Crippen molar-refractivity contribution in [3.63, 3.8) is 0 Å². The molecule has 0 heterocycles. The van der Waals surface area contributed by atoms with Crippen LogP contribution in [0.15, 0.2) is 0 Å². The van der Waals surface area contributed by atoms with Crippen molar-refractivity contribution in [2.24, 2.45) is 17.8 Å². The van der Waals surface area contributed by atoms with E-state index in [0.717, 1.165) is 30.7 Å². The van der Waals surface area contributed by atoms with Crippen molar-refractivity contribution in [1.82, 2.24) is 5.32 Å². The zero-order valence-electron chi connectivity index (χ0n) is 10.5. The van der Waals surface area contributed by atoms with Gasteiger partial charge in [-0.2, -0.15) is 0 Å². The summed E-state index contributed by atoms with van der Waals surface area (Å²) >= 11 is 0. The van der Waals surface area contributed by atoms with Gasteiger partial charge in [0.25, 0.3) is 0 Å². The zero-order valence-corrected chi connectivity index (χ0v) is 10.5. The lowest BCUT2D eigenvalue weighted by atomic mass is 9.71. The van der Waals surface area contributed by atoms with Crippen LogP contribution in [-0.2, 0) is 0 Å². The van der Waals surface area contributed by atoms with Crippen LogP contribution in [-0.4, -0.2) is 13.1 Å². The van der Waals surface area contributed by atoms with Gasteiger partial charge in [0.1, 0.15) is 0 Å². The molecule has 1 heteroatoms. The SMILES string of the molecule is CC#CCCC1CCC1CNCC(C)C. The Hall–Kier alpha value is -0.480. The maximum absolute atomic E-state index is 3.57. The summed E-state index contributed by atoms with van der Waals surface area (Å²) in [6.45, 7) is 8.85. The van der Waals surface area contributed by atoms with Crippen LogP contribution in [0.5, 0.6) is 0 Å². The first-order chi connectivity index (χ1) is 7.24. The van der Waals surface area contributed by atoms with Gasteiger partial charge >= 0.3 is 0 Å². The predicted octanol–water partition coefficient (Wildman–Crippen LogP) is 3.06. The fourth-order valence-electron chi connectivity index (χ4n) is 2.23. The molecule has 1 saturated carbocycles. The normalized spacial score (nSPS) is 24.5. The number of hydrogen-bond donors (Lipinski definition) is 1. The highest BCUT2D eigenvalue weighted by Gasteiger charge is 2.29. The van der Waals surface area contributed by atoms with E-state index in [0.29, 0.717) is 0 Å². The predicted molar refractivity (Wildman–Crippen MR) is 66.6 cm³/mol. The van der Waals surface area contributed by atoms with Crippen molar-refractivity contribution in [2.75, 3.05) is 13.1 Å². The molecular weight excluding hydrogens is 182 g/mol. The van der Waals surface area contributed by atoms with Crippen LogP contribution in [0.3, 0.4) is 0 Å². The molecule has 0 radical (unpaired) electrons. The summed E-state index contributed by atoms with van der Waals surface area (Å²) in [6, 6.07) is 0. The summed E-state index contributed by atoms with van der Waals surface area (Å²) in [6.07, 6.45) is 5.27. The highest BCUT2D eigenvalue weighted by Crippen LogP contribution is 2.36. The summed E-state index contributed by atoms with van der Waals surface area (Å²) < 4.78 is 0. The zero-order chi connectivity index (χ0) is 11.1. The third kappa shape index (κ3) is 4.71. The molecule has 86 valence electrons. The standard InChI is InChI=1S/C14H25N/c1-4-5-6-7-13-8-9-14(13)11-15-10-12(2)3/h12-15H,6-11H2,1-3H3. The highest BCUT2D eigenvalue weighted by atomic mass is 14.9. The van der Waals surface area contributed by atoms with Crippen molar-refractivity contribution in [1.29, 1.82) is 0 Å². The molecule has 0 aromatic rings. The largest absolute Gasteiger partial charge is 0.316 e. The van der Waals surface area contributed by atoms with Crippen molar-refractivity contribution in [3.05, 3.63) is 0 Å². The lowest BCUT2D eigenvalue weighted by molar-refractivity contribution is 0.161. The van der Waals surface area contributed by atoms with E-state index < -0.39 is 0 Å². The van der Waals surface area contributed by atoms with Gasteiger partial charge in [-0.1, -0.05) is 13.8 Å². The van der Waals surface area contributed by atoms with Gasteiger partial charge in [-0.05, 0) is 57.0 Å². The Bertz CT molecular complexity index is 221. The molecule has 0 aromatic carbocycles. The van der Waals surface area contributed by atoms with E-state index in [1.165, 1.54) is 25.8 Å². The maximum atomic E-state index is 3.57.